The van der Waals surface area contributed by atoms with Crippen LogP contribution in [0.3, 0.4) is 0 Å². The van der Waals surface area contributed by atoms with Crippen LogP contribution in [0.25, 0.3) is 0 Å². The number of nitrogens with one attached hydrogen (secondary N) is 2. The molecule has 9 heteroatoms. The van der Waals surface area contributed by atoms with E-state index in [2.05, 4.69) is 9.47 Å². The van der Waals surface area contributed by atoms with Gasteiger partial charge in [0.05, 0.1) is 20.1 Å². The van der Waals surface area contributed by atoms with Crippen LogP contribution in [0.2, 0.25) is 0 Å². The molecule has 0 rings (SSSR count). The summed E-state index contributed by atoms with van der Waals surface area (Å²) in [5.41, 5.74) is 0. The number of carbonyl (C=O) groups excluding carboxylic acids is 2. The predicted octanol–water partition coefficient (Wildman–Crippen LogP) is -0.870. The Morgan fingerprint density at radius 2 is 1.94 bits per heavy atom. The van der Waals surface area contributed by atoms with E-state index in [9.17, 15) is 18.0 Å². The number of hydrogen-bond donors (Lipinski definition) is 2. The van der Waals surface area contributed by atoms with E-state index >= 15 is 0 Å². The van der Waals surface area contributed by atoms with Gasteiger partial charge in [-0.2, -0.15) is 13.1 Å². The third kappa shape index (κ3) is 7.01. The molecule has 0 aromatic rings. The van der Waals surface area contributed by atoms with Crippen molar-refractivity contribution >= 4 is 22.3 Å². The summed E-state index contributed by atoms with van der Waals surface area (Å²) in [7, 11) is -2.80. The van der Waals surface area contributed by atoms with Gasteiger partial charge in [0.1, 0.15) is 0 Å². The van der Waals surface area contributed by atoms with Gasteiger partial charge in [0.2, 0.25) is 0 Å². The molecule has 16 heavy (non-hydrogen) atoms. The molecule has 0 bridgehead atoms. The molecule has 0 aromatic carbocycles. The third-order valence-electron chi connectivity index (χ3n) is 1.34. The number of ether oxygens (including phenoxy) is 2. The molecule has 0 aliphatic heterocycles. The van der Waals surface area contributed by atoms with Crippen molar-refractivity contribution in [2.75, 3.05) is 20.3 Å². The van der Waals surface area contributed by atoms with Crippen LogP contribution in [-0.4, -0.2) is 40.7 Å². The van der Waals surface area contributed by atoms with Crippen LogP contribution in [0.15, 0.2) is 0 Å². The van der Waals surface area contributed by atoms with E-state index in [0.29, 0.717) is 0 Å². The molecule has 0 atom stereocenters. The van der Waals surface area contributed by atoms with Crippen LogP contribution >= 0.6 is 0 Å². The molecule has 0 saturated heterocycles. The highest BCUT2D eigenvalue weighted by atomic mass is 32.2. The largest absolute Gasteiger partial charge is 0.469 e. The van der Waals surface area contributed by atoms with E-state index in [0.717, 1.165) is 0 Å². The molecule has 0 radical (unpaired) electrons. The zero-order valence-corrected chi connectivity index (χ0v) is 9.80. The van der Waals surface area contributed by atoms with Crippen molar-refractivity contribution in [3.63, 3.8) is 0 Å². The van der Waals surface area contributed by atoms with Gasteiger partial charge in [-0.25, -0.2) is 9.52 Å². The molecule has 0 unspecified atom stereocenters. The lowest BCUT2D eigenvalue weighted by atomic mass is 10.4. The van der Waals surface area contributed by atoms with Gasteiger partial charge in [0, 0.05) is 6.54 Å². The monoisotopic (exact) mass is 254 g/mol. The van der Waals surface area contributed by atoms with Crippen molar-refractivity contribution < 1.29 is 27.5 Å². The summed E-state index contributed by atoms with van der Waals surface area (Å²) in [6.45, 7) is 1.43. The van der Waals surface area contributed by atoms with Gasteiger partial charge in [0.25, 0.3) is 0 Å². The second-order valence-electron chi connectivity index (χ2n) is 2.55. The van der Waals surface area contributed by atoms with Crippen LogP contribution in [-0.2, 0) is 24.5 Å². The molecule has 0 aromatic heterocycles. The van der Waals surface area contributed by atoms with Crippen molar-refractivity contribution in [1.29, 1.82) is 0 Å². The minimum Gasteiger partial charge on any atom is -0.469 e. The Hall–Kier alpha value is -1.35. The second-order valence-corrected chi connectivity index (χ2v) is 4.05. The molecule has 94 valence electrons. The molecule has 0 aliphatic rings. The van der Waals surface area contributed by atoms with Crippen LogP contribution in [0.4, 0.5) is 4.79 Å². The van der Waals surface area contributed by atoms with Gasteiger partial charge >= 0.3 is 22.3 Å². The van der Waals surface area contributed by atoms with Gasteiger partial charge in [-0.15, -0.1) is 0 Å². The molecule has 0 spiro atoms. The highest BCUT2D eigenvalue weighted by Gasteiger charge is 2.14. The number of carbonyl (C=O) groups is 2. The summed E-state index contributed by atoms with van der Waals surface area (Å²) >= 11 is 0. The number of methoxy groups -OCH3 is 1. The fourth-order valence-electron chi connectivity index (χ4n) is 0.696. The fourth-order valence-corrected chi connectivity index (χ4v) is 1.42. The first-order valence-corrected chi connectivity index (χ1v) is 5.90. The maximum Gasteiger partial charge on any atom is 0.421 e. The Bertz CT molecular complexity index is 339. The normalized spacial score (nSPS) is 10.6. The van der Waals surface area contributed by atoms with Gasteiger partial charge < -0.3 is 9.47 Å². The van der Waals surface area contributed by atoms with Gasteiger partial charge in [0.15, 0.2) is 0 Å². The van der Waals surface area contributed by atoms with E-state index in [1.54, 1.807) is 4.72 Å². The Morgan fingerprint density at radius 3 is 2.44 bits per heavy atom. The molecule has 0 heterocycles. The first-order chi connectivity index (χ1) is 7.41. The van der Waals surface area contributed by atoms with Crippen molar-refractivity contribution in [2.45, 2.75) is 13.3 Å². The van der Waals surface area contributed by atoms with Crippen LogP contribution in [0.5, 0.6) is 0 Å². The van der Waals surface area contributed by atoms with E-state index in [1.807, 2.05) is 4.72 Å². The maximum atomic E-state index is 11.1. The van der Waals surface area contributed by atoms with E-state index < -0.39 is 22.3 Å². The quantitative estimate of drug-likeness (QED) is 0.596. The van der Waals surface area contributed by atoms with E-state index in [-0.39, 0.29) is 19.6 Å². The summed E-state index contributed by atoms with van der Waals surface area (Å²) in [6.07, 6.45) is -1.20. The average molecular weight is 254 g/mol. The minimum absolute atomic E-state index is 0.0590. The lowest BCUT2D eigenvalue weighted by molar-refractivity contribution is -0.140. The number of hydrogen-bond acceptors (Lipinski definition) is 6. The summed E-state index contributed by atoms with van der Waals surface area (Å²) < 4.78 is 34.5. The van der Waals surface area contributed by atoms with Crippen molar-refractivity contribution in [1.82, 2.24) is 9.44 Å². The molecule has 2 N–H and O–H groups in total. The summed E-state index contributed by atoms with van der Waals surface area (Å²) in [5.74, 6) is -0.557. The third-order valence-corrected chi connectivity index (χ3v) is 2.36. The topological polar surface area (TPSA) is 111 Å². The Kier molecular flexibility index (Phi) is 6.42. The molecular weight excluding hydrogens is 240 g/mol. The van der Waals surface area contributed by atoms with Crippen molar-refractivity contribution in [3.8, 4) is 0 Å². The van der Waals surface area contributed by atoms with Gasteiger partial charge in [-0.3, -0.25) is 4.79 Å². The lowest BCUT2D eigenvalue weighted by Gasteiger charge is -2.07. The SMILES string of the molecule is CCOC(=O)NS(=O)(=O)NCCC(=O)OC. The molecule has 1 amide bonds. The average Bonchev–Trinajstić information content (AvgIpc) is 2.16. The molecular formula is C7H14N2O6S. The van der Waals surface area contributed by atoms with Crippen molar-refractivity contribution in [3.05, 3.63) is 0 Å². The van der Waals surface area contributed by atoms with Gasteiger partial charge in [-0.05, 0) is 6.92 Å². The first-order valence-electron chi connectivity index (χ1n) is 4.42. The summed E-state index contributed by atoms with van der Waals surface area (Å²) in [4.78, 5) is 21.4. The Morgan fingerprint density at radius 1 is 1.31 bits per heavy atom. The number of rotatable bonds is 6. The lowest BCUT2D eigenvalue weighted by Crippen LogP contribution is -2.41. The van der Waals surface area contributed by atoms with E-state index in [4.69, 9.17) is 0 Å². The van der Waals surface area contributed by atoms with Crippen LogP contribution < -0.4 is 9.44 Å². The molecule has 0 aliphatic carbocycles. The standard InChI is InChI=1S/C7H14N2O6S/c1-3-15-7(11)9-16(12,13)8-5-4-6(10)14-2/h8H,3-5H2,1-2H3,(H,9,11). The summed E-state index contributed by atoms with van der Waals surface area (Å²) in [5, 5.41) is 0. The smallest absolute Gasteiger partial charge is 0.421 e. The number of esters is 1. The van der Waals surface area contributed by atoms with Crippen molar-refractivity contribution in [2.24, 2.45) is 0 Å². The van der Waals surface area contributed by atoms with Crippen LogP contribution in [0, 0.1) is 0 Å². The fraction of sp³-hybridized carbons (Fsp3) is 0.714. The Labute approximate surface area is 93.5 Å². The van der Waals surface area contributed by atoms with E-state index in [1.165, 1.54) is 14.0 Å². The molecule has 0 saturated carbocycles. The molecule has 0 fully saturated rings. The first kappa shape index (κ1) is 14.6. The maximum absolute atomic E-state index is 11.1. The van der Waals surface area contributed by atoms with Gasteiger partial charge in [-0.1, -0.05) is 0 Å². The zero-order chi connectivity index (χ0) is 12.6. The second kappa shape index (κ2) is 7.01. The Balaban J connectivity index is 3.97. The highest BCUT2D eigenvalue weighted by Crippen LogP contribution is 1.85. The van der Waals surface area contributed by atoms with Crippen LogP contribution in [0.1, 0.15) is 13.3 Å². The summed E-state index contributed by atoms with van der Waals surface area (Å²) in [6, 6.07) is 0. The number of amides is 1. The molecule has 8 nitrogen and oxygen atoms in total. The predicted molar refractivity (Wildman–Crippen MR) is 53.7 cm³/mol. The highest BCUT2D eigenvalue weighted by molar-refractivity contribution is 7.88. The minimum atomic E-state index is -3.99. The zero-order valence-electron chi connectivity index (χ0n) is 8.98.